The number of hydrogen-bond acceptors (Lipinski definition) is 7. The Kier molecular flexibility index (Phi) is 7.31. The number of benzene rings is 1. The number of hydrogen-bond donors (Lipinski definition) is 0. The maximum atomic E-state index is 13.4. The normalized spacial score (nSPS) is 12.1. The minimum Gasteiger partial charge on any atom is -0.464 e. The van der Waals surface area contributed by atoms with Crippen molar-refractivity contribution in [3.05, 3.63) is 69.8 Å². The average molecular weight is 471 g/mol. The highest BCUT2D eigenvalue weighted by molar-refractivity contribution is 7.12. The smallest absolute Gasteiger partial charge is 0.264 e. The fourth-order valence-corrected chi connectivity index (χ4v) is 4.21. The first-order valence-electron chi connectivity index (χ1n) is 10.6. The second kappa shape index (κ2) is 10.5. The number of nitrogens with zero attached hydrogens (tertiary/aromatic N) is 2. The number of rotatable bonds is 10. The molecule has 0 aliphatic carbocycles. The molecule has 1 aliphatic rings. The van der Waals surface area contributed by atoms with Crippen LogP contribution < -0.4 is 9.47 Å². The van der Waals surface area contributed by atoms with Crippen molar-refractivity contribution in [2.24, 2.45) is 0 Å². The molecule has 0 saturated heterocycles. The van der Waals surface area contributed by atoms with Gasteiger partial charge in [-0.05, 0) is 48.2 Å². The Hall–Kier alpha value is -3.30. The van der Waals surface area contributed by atoms with Gasteiger partial charge in [0.05, 0.1) is 18.0 Å². The van der Waals surface area contributed by atoms with E-state index in [4.69, 9.17) is 18.6 Å². The van der Waals surface area contributed by atoms with Crippen molar-refractivity contribution in [2.45, 2.75) is 20.0 Å². The Bertz CT molecular complexity index is 1090. The van der Waals surface area contributed by atoms with Crippen LogP contribution in [-0.2, 0) is 22.6 Å². The lowest BCUT2D eigenvalue weighted by atomic mass is 10.2. The standard InChI is InChI=1S/C24H26N2O6S/c1-17-5-7-19(32-17)14-26(13-18-6-8-20-21(12-18)31-16-30-20)23(27)15-25(9-10-29-2)24(28)22-4-3-11-33-22/h3-8,11-12H,9-10,13-16H2,1-2H3. The van der Waals surface area contributed by atoms with Crippen molar-refractivity contribution in [1.82, 2.24) is 9.80 Å². The van der Waals surface area contributed by atoms with Gasteiger partial charge in [0.2, 0.25) is 12.7 Å². The maximum absolute atomic E-state index is 13.4. The summed E-state index contributed by atoms with van der Waals surface area (Å²) in [6.07, 6.45) is 0. The van der Waals surface area contributed by atoms with E-state index in [0.717, 1.165) is 11.3 Å². The molecular weight excluding hydrogens is 444 g/mol. The van der Waals surface area contributed by atoms with Crippen molar-refractivity contribution >= 4 is 23.2 Å². The van der Waals surface area contributed by atoms with E-state index in [-0.39, 0.29) is 31.7 Å². The molecule has 4 rings (SSSR count). The largest absolute Gasteiger partial charge is 0.464 e. The lowest BCUT2D eigenvalue weighted by Gasteiger charge is -2.27. The SMILES string of the molecule is COCCN(CC(=O)N(Cc1ccc2c(c1)OCO2)Cc1ccc(C)o1)C(=O)c1cccs1. The molecule has 2 amide bonds. The Labute approximate surface area is 196 Å². The van der Waals surface area contributed by atoms with E-state index >= 15 is 0 Å². The van der Waals surface area contributed by atoms with Crippen LogP contribution in [0.2, 0.25) is 0 Å². The van der Waals surface area contributed by atoms with Gasteiger partial charge in [-0.2, -0.15) is 0 Å². The van der Waals surface area contributed by atoms with E-state index < -0.39 is 0 Å². The summed E-state index contributed by atoms with van der Waals surface area (Å²) in [7, 11) is 1.57. The Balaban J connectivity index is 1.53. The minimum atomic E-state index is -0.192. The maximum Gasteiger partial charge on any atom is 0.264 e. The van der Waals surface area contributed by atoms with Crippen molar-refractivity contribution in [3.8, 4) is 11.5 Å². The Morgan fingerprint density at radius 2 is 1.91 bits per heavy atom. The third-order valence-corrected chi connectivity index (χ3v) is 6.07. The van der Waals surface area contributed by atoms with E-state index in [1.807, 2.05) is 48.7 Å². The van der Waals surface area contributed by atoms with Gasteiger partial charge in [0.15, 0.2) is 11.5 Å². The van der Waals surface area contributed by atoms with Crippen molar-refractivity contribution in [2.75, 3.05) is 33.6 Å². The van der Waals surface area contributed by atoms with Crippen LogP contribution in [0.25, 0.3) is 0 Å². The van der Waals surface area contributed by atoms with E-state index in [9.17, 15) is 9.59 Å². The van der Waals surface area contributed by atoms with Crippen LogP contribution in [0.1, 0.15) is 26.8 Å². The molecule has 3 heterocycles. The van der Waals surface area contributed by atoms with E-state index in [1.165, 1.54) is 16.2 Å². The molecule has 1 aliphatic heterocycles. The quantitative estimate of drug-likeness (QED) is 0.450. The second-order valence-electron chi connectivity index (χ2n) is 7.65. The van der Waals surface area contributed by atoms with E-state index in [1.54, 1.807) is 18.1 Å². The van der Waals surface area contributed by atoms with Crippen LogP contribution in [0.3, 0.4) is 0 Å². The van der Waals surface area contributed by atoms with Crippen LogP contribution in [0.5, 0.6) is 11.5 Å². The molecular formula is C24H26N2O6S. The van der Waals surface area contributed by atoms with Gasteiger partial charge in [-0.3, -0.25) is 9.59 Å². The monoisotopic (exact) mass is 470 g/mol. The van der Waals surface area contributed by atoms with Crippen LogP contribution in [0.4, 0.5) is 0 Å². The van der Waals surface area contributed by atoms with Gasteiger partial charge in [0.25, 0.3) is 5.91 Å². The molecule has 0 N–H and O–H groups in total. The van der Waals surface area contributed by atoms with E-state index in [2.05, 4.69) is 0 Å². The van der Waals surface area contributed by atoms with Gasteiger partial charge in [-0.15, -0.1) is 11.3 Å². The van der Waals surface area contributed by atoms with Gasteiger partial charge >= 0.3 is 0 Å². The van der Waals surface area contributed by atoms with Gasteiger partial charge < -0.3 is 28.4 Å². The zero-order chi connectivity index (χ0) is 23.2. The first-order chi connectivity index (χ1) is 16.0. The summed E-state index contributed by atoms with van der Waals surface area (Å²) in [5.74, 6) is 2.41. The summed E-state index contributed by atoms with van der Waals surface area (Å²) in [6.45, 7) is 3.25. The number of amides is 2. The van der Waals surface area contributed by atoms with Crippen molar-refractivity contribution < 1.29 is 28.2 Å². The highest BCUT2D eigenvalue weighted by Crippen LogP contribution is 2.33. The molecule has 2 aromatic heterocycles. The summed E-state index contributed by atoms with van der Waals surface area (Å²) < 4.78 is 21.7. The number of carbonyl (C=O) groups is 2. The summed E-state index contributed by atoms with van der Waals surface area (Å²) in [4.78, 5) is 30.2. The molecule has 8 nitrogen and oxygen atoms in total. The minimum absolute atomic E-state index is 0.0651. The second-order valence-corrected chi connectivity index (χ2v) is 8.59. The lowest BCUT2D eigenvalue weighted by molar-refractivity contribution is -0.133. The van der Waals surface area contributed by atoms with Crippen LogP contribution >= 0.6 is 11.3 Å². The summed E-state index contributed by atoms with van der Waals surface area (Å²) >= 11 is 1.35. The third kappa shape index (κ3) is 5.74. The van der Waals surface area contributed by atoms with Crippen LogP contribution in [0.15, 0.2) is 52.3 Å². The topological polar surface area (TPSA) is 81.5 Å². The third-order valence-electron chi connectivity index (χ3n) is 5.22. The highest BCUT2D eigenvalue weighted by atomic mass is 32.1. The molecule has 9 heteroatoms. The van der Waals surface area contributed by atoms with Crippen molar-refractivity contribution in [1.29, 1.82) is 0 Å². The predicted octanol–water partition coefficient (Wildman–Crippen LogP) is 3.70. The summed E-state index contributed by atoms with van der Waals surface area (Å²) in [5, 5.41) is 1.84. The molecule has 33 heavy (non-hydrogen) atoms. The van der Waals surface area contributed by atoms with E-state index in [0.29, 0.717) is 41.8 Å². The molecule has 1 aromatic carbocycles. The molecule has 0 spiro atoms. The van der Waals surface area contributed by atoms with Crippen molar-refractivity contribution in [3.63, 3.8) is 0 Å². The van der Waals surface area contributed by atoms with Gasteiger partial charge in [-0.1, -0.05) is 12.1 Å². The van der Waals surface area contributed by atoms with Gasteiger partial charge in [0.1, 0.15) is 18.1 Å². The molecule has 0 fully saturated rings. The number of carbonyl (C=O) groups excluding carboxylic acids is 2. The van der Waals surface area contributed by atoms with Crippen LogP contribution in [-0.4, -0.2) is 55.2 Å². The molecule has 0 unspecified atom stereocenters. The molecule has 0 bridgehead atoms. The zero-order valence-corrected chi connectivity index (χ0v) is 19.4. The Morgan fingerprint density at radius 1 is 1.06 bits per heavy atom. The van der Waals surface area contributed by atoms with Crippen LogP contribution in [0, 0.1) is 6.92 Å². The fraction of sp³-hybridized carbons (Fsp3) is 0.333. The first-order valence-corrected chi connectivity index (χ1v) is 11.4. The number of fused-ring (bicyclic) bond motifs is 1. The highest BCUT2D eigenvalue weighted by Gasteiger charge is 2.24. The van der Waals surface area contributed by atoms with Gasteiger partial charge in [-0.25, -0.2) is 0 Å². The number of methoxy groups -OCH3 is 1. The first kappa shape index (κ1) is 22.9. The number of furan rings is 1. The molecule has 0 radical (unpaired) electrons. The molecule has 3 aromatic rings. The molecule has 0 saturated carbocycles. The lowest BCUT2D eigenvalue weighted by Crippen LogP contribution is -2.43. The number of thiophene rings is 1. The summed E-state index contributed by atoms with van der Waals surface area (Å²) in [5.41, 5.74) is 0.893. The Morgan fingerprint density at radius 3 is 2.64 bits per heavy atom. The average Bonchev–Trinajstić information content (AvgIpc) is 3.57. The van der Waals surface area contributed by atoms with Gasteiger partial charge in [0, 0.05) is 20.2 Å². The predicted molar refractivity (Wildman–Crippen MR) is 122 cm³/mol. The zero-order valence-electron chi connectivity index (χ0n) is 18.6. The summed E-state index contributed by atoms with van der Waals surface area (Å²) in [6, 6.07) is 12.9. The fourth-order valence-electron chi connectivity index (χ4n) is 3.52. The number of ether oxygens (including phenoxy) is 3. The molecule has 0 atom stereocenters. The number of aryl methyl sites for hydroxylation is 1. The molecule has 174 valence electrons.